The van der Waals surface area contributed by atoms with Crippen LogP contribution in [0.1, 0.15) is 5.69 Å². The summed E-state index contributed by atoms with van der Waals surface area (Å²) in [5.74, 6) is 0.376. The average Bonchev–Trinajstić information content (AvgIpc) is 2.84. The molecule has 3 aromatic rings. The zero-order valence-electron chi connectivity index (χ0n) is 10.2. The van der Waals surface area contributed by atoms with Crippen molar-refractivity contribution in [1.82, 2.24) is 15.0 Å². The molecule has 0 radical (unpaired) electrons. The molecule has 1 atom stereocenters. The second kappa shape index (κ2) is 6.27. The van der Waals surface area contributed by atoms with Crippen LogP contribution >= 0.6 is 0 Å². The van der Waals surface area contributed by atoms with Gasteiger partial charge in [-0.3, -0.25) is 9.19 Å². The van der Waals surface area contributed by atoms with E-state index in [0.29, 0.717) is 10.9 Å². The Kier molecular flexibility index (Phi) is 4.68. The molecule has 2 heterocycles. The molecule has 0 bridgehead atoms. The summed E-state index contributed by atoms with van der Waals surface area (Å²) in [6.45, 7) is 0. The van der Waals surface area contributed by atoms with Crippen LogP contribution < -0.4 is 0 Å². The molecule has 1 aromatic carbocycles. The summed E-state index contributed by atoms with van der Waals surface area (Å²) in [6.07, 6.45) is 1.70. The number of hydrogen-bond acceptors (Lipinski definition) is 3. The fraction of sp³-hybridized carbons (Fsp3) is 0.0769. The van der Waals surface area contributed by atoms with Crippen molar-refractivity contribution in [1.29, 1.82) is 0 Å². The number of nitrogens with zero attached hydrogens (tertiary/aromatic N) is 2. The van der Waals surface area contributed by atoms with Crippen LogP contribution in [0.3, 0.4) is 0 Å². The number of imidazole rings is 1. The first-order valence-electron chi connectivity index (χ1n) is 5.56. The van der Waals surface area contributed by atoms with E-state index in [-0.39, 0.29) is 23.1 Å². The van der Waals surface area contributed by atoms with Gasteiger partial charge in [-0.1, -0.05) is 18.2 Å². The van der Waals surface area contributed by atoms with Crippen molar-refractivity contribution in [2.45, 2.75) is 10.9 Å². The van der Waals surface area contributed by atoms with Gasteiger partial charge in [0.1, 0.15) is 0 Å². The van der Waals surface area contributed by atoms with Crippen LogP contribution in [-0.2, 0) is 16.6 Å². The zero-order chi connectivity index (χ0) is 12.4. The Bertz CT molecular complexity index is 666. The summed E-state index contributed by atoms with van der Waals surface area (Å²) >= 11 is 0. The maximum atomic E-state index is 12.2. The first-order valence-corrected chi connectivity index (χ1v) is 6.88. The summed E-state index contributed by atoms with van der Waals surface area (Å²) in [7, 11) is -1.20. The molecule has 0 saturated carbocycles. The van der Waals surface area contributed by atoms with Gasteiger partial charge in [0.25, 0.3) is 0 Å². The normalized spacial score (nSPS) is 12.0. The van der Waals surface area contributed by atoms with Crippen LogP contribution in [0.2, 0.25) is 0 Å². The van der Waals surface area contributed by atoms with E-state index in [4.69, 9.17) is 0 Å². The monoisotopic (exact) mass is 281 g/mol. The predicted molar refractivity (Wildman–Crippen MR) is 76.2 cm³/mol. The summed E-state index contributed by atoms with van der Waals surface area (Å²) in [4.78, 5) is 11.6. The molecule has 0 saturated heterocycles. The molecular weight excluding hydrogens is 271 g/mol. The summed E-state index contributed by atoms with van der Waals surface area (Å²) < 4.78 is 12.2. The van der Waals surface area contributed by atoms with E-state index >= 15 is 0 Å². The van der Waals surface area contributed by atoms with Crippen molar-refractivity contribution in [3.63, 3.8) is 0 Å². The van der Waals surface area contributed by atoms with E-state index in [1.165, 1.54) is 0 Å². The second-order valence-electron chi connectivity index (χ2n) is 3.87. The fourth-order valence-electron chi connectivity index (χ4n) is 1.72. The van der Waals surface area contributed by atoms with Gasteiger partial charge in [0.15, 0.2) is 5.16 Å². The Hall–Kier alpha value is -1.24. The Morgan fingerprint density at radius 1 is 1.11 bits per heavy atom. The number of nitrogens with one attached hydrogen (secondary N) is 1. The van der Waals surface area contributed by atoms with E-state index in [2.05, 4.69) is 15.0 Å². The molecule has 90 valence electrons. The first-order chi connectivity index (χ1) is 8.83. The topological polar surface area (TPSA) is 58.6 Å². The van der Waals surface area contributed by atoms with Crippen molar-refractivity contribution in [2.75, 3.05) is 0 Å². The Labute approximate surface area is 129 Å². The fourth-order valence-corrected chi connectivity index (χ4v) is 2.72. The number of benzene rings is 1. The van der Waals surface area contributed by atoms with Crippen molar-refractivity contribution in [3.05, 3.63) is 54.4 Å². The number of aromatic nitrogens is 3. The van der Waals surface area contributed by atoms with Gasteiger partial charge in [-0.15, -0.1) is 0 Å². The minimum atomic E-state index is -1.20. The number of para-hydroxylation sites is 2. The van der Waals surface area contributed by atoms with E-state index in [1.807, 2.05) is 42.5 Å². The molecule has 6 heteroatoms. The number of fused-ring (bicyclic) bond motifs is 1. The largest absolute Gasteiger partial charge is 2.00 e. The second-order valence-corrected chi connectivity index (χ2v) is 5.24. The minimum absolute atomic E-state index is 0. The van der Waals surface area contributed by atoms with Gasteiger partial charge in [0.05, 0.1) is 33.3 Å². The summed E-state index contributed by atoms with van der Waals surface area (Å²) in [5.41, 5.74) is 2.54. The first kappa shape index (κ1) is 14.2. The van der Waals surface area contributed by atoms with E-state index in [9.17, 15) is 4.21 Å². The van der Waals surface area contributed by atoms with E-state index < -0.39 is 10.8 Å². The maximum Gasteiger partial charge on any atom is 2.00 e. The van der Waals surface area contributed by atoms with E-state index in [0.717, 1.165) is 16.7 Å². The smallest absolute Gasteiger partial charge is 0.331 e. The molecule has 0 aliphatic heterocycles. The summed E-state index contributed by atoms with van der Waals surface area (Å²) in [6, 6.07) is 13.2. The maximum absolute atomic E-state index is 12.2. The molecule has 0 aliphatic rings. The molecular formula is C13H11MgN3OS+2. The SMILES string of the molecule is O=S(Cc1ccccn1)c1nc2ccccc2[nH]1.[Mg+2]. The number of H-pyrrole nitrogens is 1. The molecule has 0 amide bonds. The third kappa shape index (κ3) is 3.20. The van der Waals surface area contributed by atoms with Crippen LogP contribution in [0.4, 0.5) is 0 Å². The van der Waals surface area contributed by atoms with E-state index in [1.54, 1.807) is 6.20 Å². The molecule has 4 nitrogen and oxygen atoms in total. The average molecular weight is 282 g/mol. The number of aromatic amines is 1. The van der Waals surface area contributed by atoms with Crippen LogP contribution in [0, 0.1) is 0 Å². The van der Waals surface area contributed by atoms with Gasteiger partial charge in [-0.25, -0.2) is 4.98 Å². The van der Waals surface area contributed by atoms with Crippen LogP contribution in [0.5, 0.6) is 0 Å². The molecule has 0 aliphatic carbocycles. The molecule has 2 aromatic heterocycles. The molecule has 1 N–H and O–H groups in total. The molecule has 3 rings (SSSR count). The third-order valence-corrected chi connectivity index (χ3v) is 3.77. The zero-order valence-corrected chi connectivity index (χ0v) is 12.5. The number of hydrogen-bond donors (Lipinski definition) is 1. The van der Waals surface area contributed by atoms with Crippen molar-refractivity contribution in [2.24, 2.45) is 0 Å². The van der Waals surface area contributed by atoms with Crippen molar-refractivity contribution >= 4 is 44.9 Å². The van der Waals surface area contributed by atoms with Gasteiger partial charge >= 0.3 is 23.1 Å². The summed E-state index contributed by atoms with van der Waals surface area (Å²) in [5, 5.41) is 0.502. The van der Waals surface area contributed by atoms with Gasteiger partial charge < -0.3 is 4.98 Å². The van der Waals surface area contributed by atoms with Gasteiger partial charge in [-0.2, -0.15) is 0 Å². The standard InChI is InChI=1S/C13H11N3OS.Mg/c17-18(9-10-5-3-4-8-14-10)13-15-11-6-1-2-7-12(11)16-13;/h1-8H,9H2,(H,15,16);/q;+2. The number of rotatable bonds is 3. The Morgan fingerprint density at radius 2 is 1.89 bits per heavy atom. The van der Waals surface area contributed by atoms with Gasteiger partial charge in [-0.05, 0) is 24.3 Å². The molecule has 0 spiro atoms. The molecule has 1 unspecified atom stereocenters. The van der Waals surface area contributed by atoms with Gasteiger partial charge in [0, 0.05) is 6.20 Å². The van der Waals surface area contributed by atoms with Crippen molar-refractivity contribution in [3.8, 4) is 0 Å². The van der Waals surface area contributed by atoms with Gasteiger partial charge in [0.2, 0.25) is 0 Å². The quantitative estimate of drug-likeness (QED) is 0.746. The predicted octanol–water partition coefficient (Wildman–Crippen LogP) is 1.88. The van der Waals surface area contributed by atoms with Crippen LogP contribution in [-0.4, -0.2) is 42.2 Å². The van der Waals surface area contributed by atoms with Crippen LogP contribution in [0.15, 0.2) is 53.8 Å². The molecule has 0 fully saturated rings. The van der Waals surface area contributed by atoms with Crippen molar-refractivity contribution < 1.29 is 4.21 Å². The third-order valence-electron chi connectivity index (χ3n) is 2.59. The Balaban J connectivity index is 0.00000133. The van der Waals surface area contributed by atoms with Crippen LogP contribution in [0.25, 0.3) is 11.0 Å². The molecule has 19 heavy (non-hydrogen) atoms. The minimum Gasteiger partial charge on any atom is -0.331 e. The Morgan fingerprint density at radius 3 is 2.63 bits per heavy atom. The number of pyridine rings is 1.